The summed E-state index contributed by atoms with van der Waals surface area (Å²) in [4.78, 5) is 17.6. The second-order valence-electron chi connectivity index (χ2n) is 3.85. The summed E-state index contributed by atoms with van der Waals surface area (Å²) in [5, 5.41) is 0.345. The number of hydrogen-bond donors (Lipinski definition) is 2. The van der Waals surface area contributed by atoms with Gasteiger partial charge in [-0.25, -0.2) is 10.8 Å². The molecule has 16 heavy (non-hydrogen) atoms. The molecule has 0 unspecified atom stereocenters. The highest BCUT2D eigenvalue weighted by molar-refractivity contribution is 6.33. The average molecular weight is 241 g/mol. The Hall–Kier alpha value is -1.33. The number of carbonyl (C=O) groups is 1. The van der Waals surface area contributed by atoms with Gasteiger partial charge in [0.2, 0.25) is 0 Å². The number of aromatic nitrogens is 1. The molecule has 0 aromatic carbocycles. The molecule has 1 heterocycles. The van der Waals surface area contributed by atoms with Crippen LogP contribution in [0.4, 0.5) is 5.82 Å². The first-order chi connectivity index (χ1) is 7.63. The molecule has 1 fully saturated rings. The number of nitrogens with two attached hydrogens (primary N) is 1. The van der Waals surface area contributed by atoms with Crippen molar-refractivity contribution in [1.82, 2.24) is 9.88 Å². The number of amides is 1. The molecule has 0 aliphatic heterocycles. The molecular formula is C10H13ClN4O. The molecule has 86 valence electrons. The van der Waals surface area contributed by atoms with Gasteiger partial charge < -0.3 is 10.3 Å². The summed E-state index contributed by atoms with van der Waals surface area (Å²) in [5.41, 5.74) is 2.84. The minimum Gasteiger partial charge on any atom is -0.339 e. The van der Waals surface area contributed by atoms with Crippen molar-refractivity contribution in [2.75, 3.05) is 12.5 Å². The van der Waals surface area contributed by atoms with Crippen molar-refractivity contribution >= 4 is 23.3 Å². The van der Waals surface area contributed by atoms with Crippen molar-refractivity contribution < 1.29 is 4.79 Å². The van der Waals surface area contributed by atoms with Gasteiger partial charge in [-0.2, -0.15) is 0 Å². The van der Waals surface area contributed by atoms with Crippen molar-refractivity contribution in [2.45, 2.75) is 18.9 Å². The third kappa shape index (κ3) is 2.10. The fourth-order valence-electron chi connectivity index (χ4n) is 1.49. The second-order valence-corrected chi connectivity index (χ2v) is 4.25. The molecule has 6 heteroatoms. The average Bonchev–Trinajstić information content (AvgIpc) is 3.11. The SMILES string of the molecule is CN(C(=O)c1cnc(NN)c(Cl)c1)C1CC1. The molecular weight excluding hydrogens is 228 g/mol. The van der Waals surface area contributed by atoms with Crippen LogP contribution in [-0.4, -0.2) is 28.9 Å². The molecule has 1 saturated carbocycles. The van der Waals surface area contributed by atoms with Crippen LogP contribution in [0.2, 0.25) is 5.02 Å². The number of rotatable bonds is 3. The molecule has 1 aromatic rings. The van der Waals surface area contributed by atoms with E-state index in [-0.39, 0.29) is 5.91 Å². The van der Waals surface area contributed by atoms with E-state index in [9.17, 15) is 4.79 Å². The lowest BCUT2D eigenvalue weighted by Crippen LogP contribution is -2.28. The summed E-state index contributed by atoms with van der Waals surface area (Å²) in [6, 6.07) is 1.95. The summed E-state index contributed by atoms with van der Waals surface area (Å²) in [7, 11) is 1.79. The summed E-state index contributed by atoms with van der Waals surface area (Å²) >= 11 is 5.90. The van der Waals surface area contributed by atoms with Crippen LogP contribution in [0.25, 0.3) is 0 Å². The molecule has 0 atom stereocenters. The van der Waals surface area contributed by atoms with Crippen LogP contribution < -0.4 is 11.3 Å². The number of carbonyl (C=O) groups excluding carboxylic acids is 1. The van der Waals surface area contributed by atoms with Crippen molar-refractivity contribution in [3.8, 4) is 0 Å². The lowest BCUT2D eigenvalue weighted by molar-refractivity contribution is 0.0784. The number of nitrogens with one attached hydrogen (secondary N) is 1. The van der Waals surface area contributed by atoms with Gasteiger partial charge in [-0.15, -0.1) is 0 Å². The fraction of sp³-hybridized carbons (Fsp3) is 0.400. The molecule has 0 radical (unpaired) electrons. The molecule has 2 rings (SSSR count). The van der Waals surface area contributed by atoms with Gasteiger partial charge in [-0.3, -0.25) is 4.79 Å². The van der Waals surface area contributed by atoms with Crippen LogP contribution in [0, 0.1) is 0 Å². The van der Waals surface area contributed by atoms with Crippen molar-refractivity contribution in [1.29, 1.82) is 0 Å². The fourth-order valence-corrected chi connectivity index (χ4v) is 1.71. The van der Waals surface area contributed by atoms with Crippen LogP contribution in [0.5, 0.6) is 0 Å². The van der Waals surface area contributed by atoms with Crippen molar-refractivity contribution in [3.05, 3.63) is 22.8 Å². The van der Waals surface area contributed by atoms with Crippen LogP contribution in [0.1, 0.15) is 23.2 Å². The highest BCUT2D eigenvalue weighted by atomic mass is 35.5. The first-order valence-corrected chi connectivity index (χ1v) is 5.40. The summed E-state index contributed by atoms with van der Waals surface area (Å²) in [6.07, 6.45) is 3.62. The monoisotopic (exact) mass is 240 g/mol. The molecule has 0 bridgehead atoms. The normalized spacial score (nSPS) is 14.7. The molecule has 1 aliphatic rings. The first kappa shape index (κ1) is 11.2. The number of halogens is 1. The lowest BCUT2D eigenvalue weighted by Gasteiger charge is -2.16. The number of hydrogen-bond acceptors (Lipinski definition) is 4. The molecule has 3 N–H and O–H groups in total. The first-order valence-electron chi connectivity index (χ1n) is 5.03. The number of anilines is 1. The van der Waals surface area contributed by atoms with E-state index in [0.717, 1.165) is 12.8 Å². The molecule has 0 spiro atoms. The smallest absolute Gasteiger partial charge is 0.255 e. The number of nitrogen functional groups attached to an aromatic ring is 1. The largest absolute Gasteiger partial charge is 0.339 e. The predicted octanol–water partition coefficient (Wildman–Crippen LogP) is 1.26. The van der Waals surface area contributed by atoms with E-state index in [4.69, 9.17) is 17.4 Å². The highest BCUT2D eigenvalue weighted by Crippen LogP contribution is 2.27. The third-order valence-corrected chi connectivity index (χ3v) is 2.93. The Labute approximate surface area is 98.6 Å². The van der Waals surface area contributed by atoms with Gasteiger partial charge in [0.15, 0.2) is 5.82 Å². The Bertz CT molecular complexity index is 419. The van der Waals surface area contributed by atoms with Crippen molar-refractivity contribution in [3.63, 3.8) is 0 Å². The number of nitrogens with zero attached hydrogens (tertiary/aromatic N) is 2. The van der Waals surface area contributed by atoms with E-state index in [1.807, 2.05) is 0 Å². The number of pyridine rings is 1. The Balaban J connectivity index is 2.20. The quantitative estimate of drug-likeness (QED) is 0.616. The van der Waals surface area contributed by atoms with E-state index >= 15 is 0 Å². The van der Waals surface area contributed by atoms with Gasteiger partial charge >= 0.3 is 0 Å². The highest BCUT2D eigenvalue weighted by Gasteiger charge is 2.30. The van der Waals surface area contributed by atoms with Gasteiger partial charge in [-0.05, 0) is 18.9 Å². The van der Waals surface area contributed by atoms with E-state index in [1.165, 1.54) is 6.20 Å². The molecule has 5 nitrogen and oxygen atoms in total. The predicted molar refractivity (Wildman–Crippen MR) is 62.2 cm³/mol. The zero-order valence-electron chi connectivity index (χ0n) is 8.90. The summed E-state index contributed by atoms with van der Waals surface area (Å²) in [5.74, 6) is 5.52. The minimum absolute atomic E-state index is 0.0551. The van der Waals surface area contributed by atoms with Crippen LogP contribution >= 0.6 is 11.6 Å². The molecule has 1 aromatic heterocycles. The summed E-state index contributed by atoms with van der Waals surface area (Å²) < 4.78 is 0. The van der Waals surface area contributed by atoms with E-state index in [2.05, 4.69) is 10.4 Å². The topological polar surface area (TPSA) is 71.2 Å². The van der Waals surface area contributed by atoms with Gasteiger partial charge in [0.25, 0.3) is 5.91 Å². The lowest BCUT2D eigenvalue weighted by atomic mass is 10.2. The van der Waals surface area contributed by atoms with Crippen molar-refractivity contribution in [2.24, 2.45) is 5.84 Å². The Kier molecular flexibility index (Phi) is 2.98. The van der Waals surface area contributed by atoms with Gasteiger partial charge in [-0.1, -0.05) is 11.6 Å². The summed E-state index contributed by atoms with van der Waals surface area (Å²) in [6.45, 7) is 0. The van der Waals surface area contributed by atoms with E-state index in [0.29, 0.717) is 22.4 Å². The second kappa shape index (κ2) is 4.27. The van der Waals surface area contributed by atoms with Gasteiger partial charge in [0, 0.05) is 19.3 Å². The minimum atomic E-state index is -0.0551. The number of hydrazine groups is 1. The zero-order valence-corrected chi connectivity index (χ0v) is 9.66. The van der Waals surface area contributed by atoms with Crippen LogP contribution in [-0.2, 0) is 0 Å². The molecule has 1 aliphatic carbocycles. The van der Waals surface area contributed by atoms with E-state index < -0.39 is 0 Å². The Morgan fingerprint density at radius 3 is 2.88 bits per heavy atom. The van der Waals surface area contributed by atoms with Crippen LogP contribution in [0.3, 0.4) is 0 Å². The maximum absolute atomic E-state index is 12.0. The third-order valence-electron chi connectivity index (χ3n) is 2.64. The molecule has 0 saturated heterocycles. The van der Waals surface area contributed by atoms with E-state index in [1.54, 1.807) is 18.0 Å². The molecule has 1 amide bonds. The standard InChI is InChI=1S/C10H13ClN4O/c1-15(7-2-3-7)10(16)6-4-8(11)9(14-12)13-5-6/h4-5,7H,2-3,12H2,1H3,(H,13,14). The Morgan fingerprint density at radius 1 is 1.69 bits per heavy atom. The maximum atomic E-state index is 12.0. The Morgan fingerprint density at radius 2 is 2.38 bits per heavy atom. The van der Waals surface area contributed by atoms with Gasteiger partial charge in [0.1, 0.15) is 0 Å². The zero-order chi connectivity index (χ0) is 11.7. The maximum Gasteiger partial charge on any atom is 0.255 e. The van der Waals surface area contributed by atoms with Crippen LogP contribution in [0.15, 0.2) is 12.3 Å². The van der Waals surface area contributed by atoms with Gasteiger partial charge in [0.05, 0.1) is 10.6 Å².